The molecule has 0 saturated carbocycles. The summed E-state index contributed by atoms with van der Waals surface area (Å²) in [5, 5.41) is 3.42. The van der Waals surface area contributed by atoms with Crippen molar-refractivity contribution >= 4 is 0 Å². The zero-order valence-corrected chi connectivity index (χ0v) is 5.51. The molecule has 52 valence electrons. The van der Waals surface area contributed by atoms with E-state index in [0.717, 1.165) is 25.3 Å². The molecular weight excluding hydrogens is 114 g/mol. The van der Waals surface area contributed by atoms with Crippen molar-refractivity contribution in [2.75, 3.05) is 19.8 Å². The topological polar surface area (TPSA) is 41.3 Å². The fourth-order valence-electron chi connectivity index (χ4n) is 1.87. The quantitative estimate of drug-likeness (QED) is 0.472. The van der Waals surface area contributed by atoms with Crippen molar-refractivity contribution in [3.05, 3.63) is 0 Å². The Morgan fingerprint density at radius 1 is 1.67 bits per heavy atom. The third-order valence-corrected chi connectivity index (χ3v) is 2.40. The summed E-state index contributed by atoms with van der Waals surface area (Å²) in [5.74, 6) is 0. The lowest BCUT2D eigenvalue weighted by Gasteiger charge is -2.24. The lowest BCUT2D eigenvalue weighted by molar-refractivity contribution is 0.232. The standard InChI is InChI=1S/C6H13N3/c7-4-9-3-5-1-6(9)2-8-5/h5-6,8H,1-4,7H2. The van der Waals surface area contributed by atoms with Crippen LogP contribution in [0.4, 0.5) is 0 Å². The Morgan fingerprint density at radius 3 is 2.89 bits per heavy atom. The van der Waals surface area contributed by atoms with E-state index in [1.807, 2.05) is 0 Å². The number of likely N-dealkylation sites (tertiary alicyclic amines) is 1. The molecule has 3 N–H and O–H groups in total. The molecule has 0 amide bonds. The molecule has 2 atom stereocenters. The highest BCUT2D eigenvalue weighted by molar-refractivity contribution is 4.96. The molecule has 2 unspecified atom stereocenters. The van der Waals surface area contributed by atoms with Gasteiger partial charge in [-0.3, -0.25) is 4.90 Å². The molecule has 2 fully saturated rings. The van der Waals surface area contributed by atoms with E-state index in [1.165, 1.54) is 13.0 Å². The van der Waals surface area contributed by atoms with Crippen molar-refractivity contribution in [1.82, 2.24) is 10.2 Å². The van der Waals surface area contributed by atoms with Gasteiger partial charge in [-0.25, -0.2) is 0 Å². The summed E-state index contributed by atoms with van der Waals surface area (Å²) >= 11 is 0. The summed E-state index contributed by atoms with van der Waals surface area (Å²) in [6.45, 7) is 3.06. The molecule has 2 rings (SSSR count). The predicted octanol–water partition coefficient (Wildman–Crippen LogP) is -1.05. The number of rotatable bonds is 1. The second-order valence-electron chi connectivity index (χ2n) is 2.95. The minimum atomic E-state index is 0.739. The van der Waals surface area contributed by atoms with Crippen LogP contribution in [0.25, 0.3) is 0 Å². The smallest absolute Gasteiger partial charge is 0.0459 e. The average molecular weight is 127 g/mol. The minimum absolute atomic E-state index is 0.739. The zero-order chi connectivity index (χ0) is 6.27. The Kier molecular flexibility index (Phi) is 1.22. The van der Waals surface area contributed by atoms with Crippen LogP contribution in [0.1, 0.15) is 6.42 Å². The van der Waals surface area contributed by atoms with Crippen molar-refractivity contribution in [2.24, 2.45) is 5.73 Å². The summed E-state index contributed by atoms with van der Waals surface area (Å²) in [6, 6.07) is 1.50. The molecule has 0 spiro atoms. The lowest BCUT2D eigenvalue weighted by atomic mass is 10.2. The number of nitrogens with one attached hydrogen (secondary N) is 1. The van der Waals surface area contributed by atoms with Crippen LogP contribution in [0.5, 0.6) is 0 Å². The summed E-state index contributed by atoms with van der Waals surface area (Å²) in [7, 11) is 0. The monoisotopic (exact) mass is 127 g/mol. The molecule has 9 heavy (non-hydrogen) atoms. The van der Waals surface area contributed by atoms with Crippen LogP contribution in [0.15, 0.2) is 0 Å². The molecular formula is C6H13N3. The summed E-state index contributed by atoms with van der Waals surface area (Å²) in [6.07, 6.45) is 1.32. The van der Waals surface area contributed by atoms with Gasteiger partial charge in [-0.2, -0.15) is 0 Å². The van der Waals surface area contributed by atoms with Crippen molar-refractivity contribution in [2.45, 2.75) is 18.5 Å². The predicted molar refractivity (Wildman–Crippen MR) is 36.0 cm³/mol. The van der Waals surface area contributed by atoms with Crippen LogP contribution in [0.2, 0.25) is 0 Å². The molecule has 2 heterocycles. The fourth-order valence-corrected chi connectivity index (χ4v) is 1.87. The summed E-state index contributed by atoms with van der Waals surface area (Å²) in [4.78, 5) is 2.35. The summed E-state index contributed by atoms with van der Waals surface area (Å²) < 4.78 is 0. The Hall–Kier alpha value is -0.120. The van der Waals surface area contributed by atoms with E-state index in [0.29, 0.717) is 0 Å². The van der Waals surface area contributed by atoms with E-state index < -0.39 is 0 Å². The molecule has 2 aliphatic rings. The summed E-state index contributed by atoms with van der Waals surface area (Å²) in [5.41, 5.74) is 5.52. The van der Waals surface area contributed by atoms with Gasteiger partial charge < -0.3 is 11.1 Å². The molecule has 0 radical (unpaired) electrons. The van der Waals surface area contributed by atoms with Crippen molar-refractivity contribution < 1.29 is 0 Å². The van der Waals surface area contributed by atoms with E-state index in [-0.39, 0.29) is 0 Å². The van der Waals surface area contributed by atoms with E-state index >= 15 is 0 Å². The maximum absolute atomic E-state index is 5.52. The minimum Gasteiger partial charge on any atom is -0.318 e. The SMILES string of the molecule is NCN1CC2CC1CN2. The third kappa shape index (κ3) is 0.764. The van der Waals surface area contributed by atoms with Gasteiger partial charge in [0.1, 0.15) is 0 Å². The largest absolute Gasteiger partial charge is 0.318 e. The third-order valence-electron chi connectivity index (χ3n) is 2.40. The van der Waals surface area contributed by atoms with Crippen LogP contribution in [-0.2, 0) is 0 Å². The molecule has 2 bridgehead atoms. The van der Waals surface area contributed by atoms with Crippen LogP contribution >= 0.6 is 0 Å². The molecule has 0 aliphatic carbocycles. The van der Waals surface area contributed by atoms with Gasteiger partial charge in [0.2, 0.25) is 0 Å². The maximum atomic E-state index is 5.52. The van der Waals surface area contributed by atoms with Gasteiger partial charge in [0.15, 0.2) is 0 Å². The molecule has 2 saturated heterocycles. The Morgan fingerprint density at radius 2 is 2.56 bits per heavy atom. The van der Waals surface area contributed by atoms with Gasteiger partial charge in [0, 0.05) is 31.8 Å². The number of nitrogens with two attached hydrogens (primary N) is 1. The van der Waals surface area contributed by atoms with E-state index in [1.54, 1.807) is 0 Å². The lowest BCUT2D eigenvalue weighted by Crippen LogP contribution is -2.45. The number of piperazine rings is 1. The molecule has 0 aromatic carbocycles. The first-order valence-electron chi connectivity index (χ1n) is 3.57. The normalized spacial score (nSPS) is 42.3. The fraction of sp³-hybridized carbons (Fsp3) is 1.00. The molecule has 3 nitrogen and oxygen atoms in total. The zero-order valence-electron chi connectivity index (χ0n) is 5.51. The average Bonchev–Trinajstić information content (AvgIpc) is 2.45. The number of hydrogen-bond acceptors (Lipinski definition) is 3. The van der Waals surface area contributed by atoms with Crippen molar-refractivity contribution in [3.8, 4) is 0 Å². The number of hydrogen-bond donors (Lipinski definition) is 2. The van der Waals surface area contributed by atoms with Gasteiger partial charge in [0.05, 0.1) is 0 Å². The van der Waals surface area contributed by atoms with Crippen LogP contribution in [0.3, 0.4) is 0 Å². The van der Waals surface area contributed by atoms with E-state index in [9.17, 15) is 0 Å². The molecule has 3 heteroatoms. The van der Waals surface area contributed by atoms with Gasteiger partial charge in [-0.05, 0) is 6.42 Å². The highest BCUT2D eigenvalue weighted by Crippen LogP contribution is 2.21. The Labute approximate surface area is 55.2 Å². The van der Waals surface area contributed by atoms with Crippen molar-refractivity contribution in [1.29, 1.82) is 0 Å². The van der Waals surface area contributed by atoms with Gasteiger partial charge in [-0.15, -0.1) is 0 Å². The van der Waals surface area contributed by atoms with Crippen molar-refractivity contribution in [3.63, 3.8) is 0 Å². The molecule has 0 aromatic heterocycles. The number of nitrogens with zero attached hydrogens (tertiary/aromatic N) is 1. The first-order valence-corrected chi connectivity index (χ1v) is 3.57. The van der Waals surface area contributed by atoms with Gasteiger partial charge in [-0.1, -0.05) is 0 Å². The van der Waals surface area contributed by atoms with E-state index in [4.69, 9.17) is 5.73 Å². The molecule has 0 aromatic rings. The van der Waals surface area contributed by atoms with Gasteiger partial charge >= 0.3 is 0 Å². The Balaban J connectivity index is 2.01. The molecule has 2 aliphatic heterocycles. The van der Waals surface area contributed by atoms with Crippen LogP contribution in [-0.4, -0.2) is 36.7 Å². The number of fused-ring (bicyclic) bond motifs is 2. The highest BCUT2D eigenvalue weighted by Gasteiger charge is 2.36. The Bertz CT molecular complexity index is 115. The first-order chi connectivity index (χ1) is 4.40. The highest BCUT2D eigenvalue weighted by atomic mass is 15.3. The van der Waals surface area contributed by atoms with E-state index in [2.05, 4.69) is 10.2 Å². The van der Waals surface area contributed by atoms with Crippen LogP contribution < -0.4 is 11.1 Å². The van der Waals surface area contributed by atoms with Gasteiger partial charge in [0.25, 0.3) is 0 Å². The first kappa shape index (κ1) is 5.65. The van der Waals surface area contributed by atoms with Crippen LogP contribution in [0, 0.1) is 0 Å². The maximum Gasteiger partial charge on any atom is 0.0459 e. The second kappa shape index (κ2) is 1.94. The second-order valence-corrected chi connectivity index (χ2v) is 2.95.